The number of carbonyl (C=O) groups is 1. The highest BCUT2D eigenvalue weighted by atomic mass is 79.9. The van der Waals surface area contributed by atoms with E-state index >= 15 is 0 Å². The van der Waals surface area contributed by atoms with Crippen molar-refractivity contribution in [2.75, 3.05) is 33.2 Å². The molecule has 0 aliphatic carbocycles. The van der Waals surface area contributed by atoms with E-state index in [9.17, 15) is 19.5 Å². The van der Waals surface area contributed by atoms with E-state index in [0.29, 0.717) is 59.0 Å². The number of phenols is 1. The van der Waals surface area contributed by atoms with Crippen LogP contribution in [0.15, 0.2) is 44.4 Å². The van der Waals surface area contributed by atoms with Gasteiger partial charge in [-0.05, 0) is 78.3 Å². The van der Waals surface area contributed by atoms with Crippen molar-refractivity contribution < 1.29 is 14.6 Å². The number of phenolic OH excluding ortho intramolecular Hbond substituents is 1. The van der Waals surface area contributed by atoms with Crippen molar-refractivity contribution in [2.45, 2.75) is 13.8 Å². The van der Waals surface area contributed by atoms with Crippen molar-refractivity contribution in [1.29, 1.82) is 0 Å². The average molecular weight is 530 g/mol. The molecule has 178 valence electrons. The molecule has 0 atom stereocenters. The normalized spacial score (nSPS) is 14.3. The van der Waals surface area contributed by atoms with Crippen LogP contribution >= 0.6 is 15.9 Å². The SMILES string of the molecule is Cc1cc(-n2nc(C(=O)N3CCN(C)CC3)c(=O)[nH]c2=O)cc(C)c1Oc1ccc(O)c(Br)c1. The van der Waals surface area contributed by atoms with Crippen LogP contribution in [0.2, 0.25) is 0 Å². The van der Waals surface area contributed by atoms with E-state index < -0.39 is 17.2 Å². The Morgan fingerprint density at radius 1 is 1.09 bits per heavy atom. The van der Waals surface area contributed by atoms with E-state index in [1.807, 2.05) is 20.9 Å². The van der Waals surface area contributed by atoms with Gasteiger partial charge in [-0.1, -0.05) is 0 Å². The van der Waals surface area contributed by atoms with Crippen LogP contribution in [-0.4, -0.2) is 68.8 Å². The Kier molecular flexibility index (Phi) is 6.58. The number of benzene rings is 2. The molecule has 10 nitrogen and oxygen atoms in total. The Balaban J connectivity index is 1.68. The Hall–Kier alpha value is -3.44. The van der Waals surface area contributed by atoms with Gasteiger partial charge < -0.3 is 19.6 Å². The maximum atomic E-state index is 12.9. The molecule has 1 amide bonds. The van der Waals surface area contributed by atoms with E-state index in [2.05, 4.69) is 30.9 Å². The van der Waals surface area contributed by atoms with Gasteiger partial charge in [0.1, 0.15) is 17.2 Å². The first kappa shape index (κ1) is 23.7. The van der Waals surface area contributed by atoms with Crippen molar-refractivity contribution in [3.05, 3.63) is 72.5 Å². The summed E-state index contributed by atoms with van der Waals surface area (Å²) < 4.78 is 7.51. The van der Waals surface area contributed by atoms with E-state index in [-0.39, 0.29) is 11.4 Å². The Morgan fingerprint density at radius 3 is 2.35 bits per heavy atom. The maximum Gasteiger partial charge on any atom is 0.349 e. The summed E-state index contributed by atoms with van der Waals surface area (Å²) in [4.78, 5) is 43.7. The zero-order chi connectivity index (χ0) is 24.6. The predicted octanol–water partition coefficient (Wildman–Crippen LogP) is 2.19. The number of carbonyl (C=O) groups excluding carboxylic acids is 1. The zero-order valence-corrected chi connectivity index (χ0v) is 20.5. The first-order valence-corrected chi connectivity index (χ1v) is 11.4. The molecular formula is C23H24BrN5O5. The van der Waals surface area contributed by atoms with E-state index in [0.717, 1.165) is 4.68 Å². The summed E-state index contributed by atoms with van der Waals surface area (Å²) in [5.41, 5.74) is -0.0555. The molecule has 2 N–H and O–H groups in total. The van der Waals surface area contributed by atoms with Crippen LogP contribution in [0.25, 0.3) is 5.69 Å². The number of rotatable bonds is 4. The van der Waals surface area contributed by atoms with Gasteiger partial charge >= 0.3 is 5.69 Å². The lowest BCUT2D eigenvalue weighted by atomic mass is 10.1. The smallest absolute Gasteiger partial charge is 0.349 e. The number of aromatic nitrogens is 3. The Labute approximate surface area is 203 Å². The van der Waals surface area contributed by atoms with Crippen LogP contribution in [0.4, 0.5) is 0 Å². The summed E-state index contributed by atoms with van der Waals surface area (Å²) in [5.74, 6) is 0.687. The molecular weight excluding hydrogens is 506 g/mol. The van der Waals surface area contributed by atoms with Gasteiger partial charge in [-0.25, -0.2) is 4.79 Å². The van der Waals surface area contributed by atoms with Crippen molar-refractivity contribution in [3.63, 3.8) is 0 Å². The van der Waals surface area contributed by atoms with Gasteiger partial charge in [0.05, 0.1) is 10.2 Å². The minimum absolute atomic E-state index is 0.0987. The highest BCUT2D eigenvalue weighted by Gasteiger charge is 2.25. The van der Waals surface area contributed by atoms with E-state index in [1.165, 1.54) is 6.07 Å². The van der Waals surface area contributed by atoms with Crippen LogP contribution < -0.4 is 16.0 Å². The van der Waals surface area contributed by atoms with Gasteiger partial charge in [0, 0.05) is 26.2 Å². The number of aromatic amines is 1. The van der Waals surface area contributed by atoms with Gasteiger partial charge in [0.15, 0.2) is 0 Å². The molecule has 2 aromatic carbocycles. The van der Waals surface area contributed by atoms with Crippen LogP contribution in [-0.2, 0) is 0 Å². The number of ether oxygens (including phenoxy) is 1. The van der Waals surface area contributed by atoms with Crippen LogP contribution in [0.1, 0.15) is 21.6 Å². The molecule has 0 spiro atoms. The molecule has 0 bridgehead atoms. The van der Waals surface area contributed by atoms with Crippen LogP contribution in [0, 0.1) is 13.8 Å². The predicted molar refractivity (Wildman–Crippen MR) is 129 cm³/mol. The second-order valence-corrected chi connectivity index (χ2v) is 9.09. The molecule has 1 fully saturated rings. The largest absolute Gasteiger partial charge is 0.507 e. The topological polar surface area (TPSA) is 121 Å². The molecule has 0 saturated carbocycles. The molecule has 34 heavy (non-hydrogen) atoms. The van der Waals surface area contributed by atoms with Crippen LogP contribution in [0.5, 0.6) is 17.2 Å². The molecule has 0 unspecified atom stereocenters. The third kappa shape index (κ3) is 4.75. The fourth-order valence-corrected chi connectivity index (χ4v) is 4.11. The third-order valence-corrected chi connectivity index (χ3v) is 6.28. The number of nitrogens with zero attached hydrogens (tertiary/aromatic N) is 4. The van der Waals surface area contributed by atoms with Gasteiger partial charge in [-0.2, -0.15) is 9.78 Å². The number of halogens is 1. The quantitative estimate of drug-likeness (QED) is 0.531. The monoisotopic (exact) mass is 529 g/mol. The van der Waals surface area contributed by atoms with E-state index in [1.54, 1.807) is 29.2 Å². The summed E-state index contributed by atoms with van der Waals surface area (Å²) in [6.07, 6.45) is 0. The highest BCUT2D eigenvalue weighted by molar-refractivity contribution is 9.10. The van der Waals surface area contributed by atoms with E-state index in [4.69, 9.17) is 4.74 Å². The van der Waals surface area contributed by atoms with Crippen molar-refractivity contribution in [3.8, 4) is 22.9 Å². The van der Waals surface area contributed by atoms with Crippen molar-refractivity contribution >= 4 is 21.8 Å². The summed E-state index contributed by atoms with van der Waals surface area (Å²) in [6, 6.07) is 8.17. The number of nitrogens with one attached hydrogen (secondary N) is 1. The second kappa shape index (κ2) is 9.43. The highest BCUT2D eigenvalue weighted by Crippen LogP contribution is 2.34. The second-order valence-electron chi connectivity index (χ2n) is 8.24. The minimum atomic E-state index is -0.809. The first-order valence-electron chi connectivity index (χ1n) is 10.6. The lowest BCUT2D eigenvalue weighted by molar-refractivity contribution is 0.0653. The number of aryl methyl sites for hydroxylation is 2. The average Bonchev–Trinajstić information content (AvgIpc) is 2.78. The molecule has 1 aliphatic rings. The zero-order valence-electron chi connectivity index (χ0n) is 19.0. The summed E-state index contributed by atoms with van der Waals surface area (Å²) in [7, 11) is 1.96. The standard InChI is InChI=1S/C23H24BrN5O5/c1-13-10-15(11-14(2)20(13)34-16-4-5-18(30)17(24)12-16)29-23(33)25-21(31)19(26-29)22(32)28-8-6-27(3)7-9-28/h4-5,10-12,30H,6-9H2,1-3H3,(H,25,31,33). The van der Waals surface area contributed by atoms with Gasteiger partial charge in [-0.3, -0.25) is 14.6 Å². The molecule has 2 heterocycles. The Bertz CT molecular complexity index is 1350. The number of hydrogen-bond acceptors (Lipinski definition) is 7. The fraction of sp³-hybridized carbons (Fsp3) is 0.304. The third-order valence-electron chi connectivity index (χ3n) is 5.65. The van der Waals surface area contributed by atoms with Gasteiger partial charge in [-0.15, -0.1) is 0 Å². The minimum Gasteiger partial charge on any atom is -0.507 e. The maximum absolute atomic E-state index is 12.9. The molecule has 1 aliphatic heterocycles. The molecule has 1 aromatic heterocycles. The molecule has 0 radical (unpaired) electrons. The van der Waals surface area contributed by atoms with Crippen LogP contribution in [0.3, 0.4) is 0 Å². The van der Waals surface area contributed by atoms with Gasteiger partial charge in [0.2, 0.25) is 5.69 Å². The first-order chi connectivity index (χ1) is 16.1. The number of likely N-dealkylation sites (N-methyl/N-ethyl adjacent to an activating group) is 1. The number of amides is 1. The fourth-order valence-electron chi connectivity index (χ4n) is 3.75. The molecule has 1 saturated heterocycles. The Morgan fingerprint density at radius 2 is 1.74 bits per heavy atom. The summed E-state index contributed by atoms with van der Waals surface area (Å²) in [6.45, 7) is 5.98. The van der Waals surface area contributed by atoms with Crippen molar-refractivity contribution in [2.24, 2.45) is 0 Å². The number of piperazine rings is 1. The number of hydrogen-bond donors (Lipinski definition) is 2. The molecule has 4 rings (SSSR count). The lowest BCUT2D eigenvalue weighted by Gasteiger charge is -2.31. The number of H-pyrrole nitrogens is 1. The van der Waals surface area contributed by atoms with Crippen molar-refractivity contribution in [1.82, 2.24) is 24.6 Å². The summed E-state index contributed by atoms with van der Waals surface area (Å²) in [5, 5.41) is 13.8. The van der Waals surface area contributed by atoms with Gasteiger partial charge in [0.25, 0.3) is 11.5 Å². The molecule has 11 heteroatoms. The summed E-state index contributed by atoms with van der Waals surface area (Å²) >= 11 is 3.26. The number of aromatic hydroxyl groups is 1. The molecule has 3 aromatic rings. The lowest BCUT2D eigenvalue weighted by Crippen LogP contribution is -2.49.